The average Bonchev–Trinajstić information content (AvgIpc) is 3.02. The molecule has 1 aliphatic rings. The summed E-state index contributed by atoms with van der Waals surface area (Å²) in [5, 5.41) is 14.6. The molecule has 4 heteroatoms. The zero-order chi connectivity index (χ0) is 13.0. The molecule has 1 heterocycles. The zero-order valence-electron chi connectivity index (χ0n) is 10.8. The quantitative estimate of drug-likeness (QED) is 0.830. The second-order valence-electron chi connectivity index (χ2n) is 5.00. The van der Waals surface area contributed by atoms with Crippen LogP contribution in [0.2, 0.25) is 0 Å². The standard InChI is InChI=1S/C14H21NO2S/c1-2-11(14(16)17)15-13(10-6-3-4-7-10)12-8-5-9-18-12/h5,8-11,13,15H,2-4,6-7H2,1H3,(H,16,17). The highest BCUT2D eigenvalue weighted by Gasteiger charge is 2.30. The van der Waals surface area contributed by atoms with Crippen LogP contribution in [0.1, 0.15) is 49.9 Å². The Morgan fingerprint density at radius 2 is 2.28 bits per heavy atom. The summed E-state index contributed by atoms with van der Waals surface area (Å²) in [6.45, 7) is 1.92. The van der Waals surface area contributed by atoms with Crippen LogP contribution in [0.25, 0.3) is 0 Å². The topological polar surface area (TPSA) is 49.3 Å². The molecule has 1 aromatic heterocycles. The largest absolute Gasteiger partial charge is 0.480 e. The van der Waals surface area contributed by atoms with Gasteiger partial charge in [-0.25, -0.2) is 0 Å². The van der Waals surface area contributed by atoms with E-state index in [0.29, 0.717) is 12.3 Å². The van der Waals surface area contributed by atoms with Crippen LogP contribution in [-0.4, -0.2) is 17.1 Å². The minimum Gasteiger partial charge on any atom is -0.480 e. The lowest BCUT2D eigenvalue weighted by molar-refractivity contribution is -0.139. The Bertz CT molecular complexity index is 371. The predicted molar refractivity (Wildman–Crippen MR) is 73.9 cm³/mol. The van der Waals surface area contributed by atoms with Crippen LogP contribution in [0, 0.1) is 5.92 Å². The van der Waals surface area contributed by atoms with Crippen LogP contribution in [0.4, 0.5) is 0 Å². The molecular formula is C14H21NO2S. The van der Waals surface area contributed by atoms with Gasteiger partial charge in [-0.15, -0.1) is 11.3 Å². The number of rotatable bonds is 6. The zero-order valence-corrected chi connectivity index (χ0v) is 11.6. The van der Waals surface area contributed by atoms with Gasteiger partial charge in [0.1, 0.15) is 6.04 Å². The van der Waals surface area contributed by atoms with Gasteiger partial charge in [0.25, 0.3) is 0 Å². The Labute approximate surface area is 112 Å². The van der Waals surface area contributed by atoms with Crippen molar-refractivity contribution in [2.75, 3.05) is 0 Å². The number of thiophene rings is 1. The lowest BCUT2D eigenvalue weighted by atomic mass is 9.95. The molecule has 0 aromatic carbocycles. The third-order valence-electron chi connectivity index (χ3n) is 3.81. The molecular weight excluding hydrogens is 246 g/mol. The second kappa shape index (κ2) is 6.34. The first-order chi connectivity index (χ1) is 8.72. The van der Waals surface area contributed by atoms with E-state index in [-0.39, 0.29) is 6.04 Å². The van der Waals surface area contributed by atoms with E-state index < -0.39 is 12.0 Å². The summed E-state index contributed by atoms with van der Waals surface area (Å²) < 4.78 is 0. The predicted octanol–water partition coefficient (Wildman–Crippen LogP) is 3.43. The van der Waals surface area contributed by atoms with Gasteiger partial charge >= 0.3 is 5.97 Å². The molecule has 2 unspecified atom stereocenters. The highest BCUT2D eigenvalue weighted by molar-refractivity contribution is 7.10. The number of hydrogen-bond donors (Lipinski definition) is 2. The third-order valence-corrected chi connectivity index (χ3v) is 4.76. The molecule has 0 radical (unpaired) electrons. The van der Waals surface area contributed by atoms with Gasteiger partial charge in [0.15, 0.2) is 0 Å². The SMILES string of the molecule is CCC(NC(c1cccs1)C1CCCC1)C(=O)O. The van der Waals surface area contributed by atoms with Crippen molar-refractivity contribution >= 4 is 17.3 Å². The molecule has 1 saturated carbocycles. The van der Waals surface area contributed by atoms with Crippen LogP contribution in [0.3, 0.4) is 0 Å². The monoisotopic (exact) mass is 267 g/mol. The van der Waals surface area contributed by atoms with Gasteiger partial charge in [-0.05, 0) is 36.6 Å². The van der Waals surface area contributed by atoms with Crippen LogP contribution in [0.5, 0.6) is 0 Å². The first-order valence-corrected chi connectivity index (χ1v) is 7.62. The lowest BCUT2D eigenvalue weighted by Crippen LogP contribution is -2.40. The summed E-state index contributed by atoms with van der Waals surface area (Å²) in [5.41, 5.74) is 0. The molecule has 0 amide bonds. The number of carbonyl (C=O) groups is 1. The average molecular weight is 267 g/mol. The Morgan fingerprint density at radius 3 is 2.78 bits per heavy atom. The second-order valence-corrected chi connectivity index (χ2v) is 5.98. The molecule has 0 bridgehead atoms. The van der Waals surface area contributed by atoms with Gasteiger partial charge in [0.05, 0.1) is 0 Å². The maximum absolute atomic E-state index is 11.2. The van der Waals surface area contributed by atoms with Gasteiger partial charge in [-0.1, -0.05) is 25.8 Å². The van der Waals surface area contributed by atoms with Crippen molar-refractivity contribution in [3.8, 4) is 0 Å². The molecule has 18 heavy (non-hydrogen) atoms. The maximum atomic E-state index is 11.2. The Morgan fingerprint density at radius 1 is 1.56 bits per heavy atom. The van der Waals surface area contributed by atoms with E-state index in [0.717, 1.165) is 0 Å². The molecule has 2 N–H and O–H groups in total. The Kier molecular flexibility index (Phi) is 4.78. The van der Waals surface area contributed by atoms with Gasteiger partial charge in [0, 0.05) is 10.9 Å². The molecule has 2 rings (SSSR count). The first kappa shape index (κ1) is 13.6. The minimum atomic E-state index is -0.739. The highest BCUT2D eigenvalue weighted by atomic mass is 32.1. The van der Waals surface area contributed by atoms with E-state index in [9.17, 15) is 9.90 Å². The van der Waals surface area contributed by atoms with Crippen molar-refractivity contribution in [3.63, 3.8) is 0 Å². The minimum absolute atomic E-state index is 0.216. The smallest absolute Gasteiger partial charge is 0.320 e. The molecule has 0 spiro atoms. The van der Waals surface area contributed by atoms with Gasteiger partial charge < -0.3 is 5.11 Å². The van der Waals surface area contributed by atoms with E-state index in [4.69, 9.17) is 0 Å². The first-order valence-electron chi connectivity index (χ1n) is 6.74. The van der Waals surface area contributed by atoms with Crippen molar-refractivity contribution in [3.05, 3.63) is 22.4 Å². The third kappa shape index (κ3) is 3.12. The highest BCUT2D eigenvalue weighted by Crippen LogP contribution is 2.37. The molecule has 1 aliphatic carbocycles. The van der Waals surface area contributed by atoms with Crippen LogP contribution in [-0.2, 0) is 4.79 Å². The summed E-state index contributed by atoms with van der Waals surface area (Å²) in [7, 11) is 0. The molecule has 0 aliphatic heterocycles. The van der Waals surface area contributed by atoms with Crippen molar-refractivity contribution in [1.29, 1.82) is 0 Å². The molecule has 2 atom stereocenters. The summed E-state index contributed by atoms with van der Waals surface area (Å²) in [6, 6.07) is 3.95. The normalized spacial score (nSPS) is 19.8. The summed E-state index contributed by atoms with van der Waals surface area (Å²) in [4.78, 5) is 12.5. The van der Waals surface area contributed by atoms with Crippen LogP contribution in [0.15, 0.2) is 17.5 Å². The fraction of sp³-hybridized carbons (Fsp3) is 0.643. The van der Waals surface area contributed by atoms with Crippen LogP contribution < -0.4 is 5.32 Å². The molecule has 1 fully saturated rings. The number of carboxylic acid groups (broad SMARTS) is 1. The number of aliphatic carboxylic acids is 1. The Hall–Kier alpha value is -0.870. The van der Waals surface area contributed by atoms with Crippen molar-refractivity contribution in [2.24, 2.45) is 5.92 Å². The van der Waals surface area contributed by atoms with Crippen molar-refractivity contribution in [2.45, 2.75) is 51.1 Å². The van der Waals surface area contributed by atoms with Crippen molar-refractivity contribution in [1.82, 2.24) is 5.32 Å². The van der Waals surface area contributed by atoms with E-state index in [2.05, 4.69) is 16.8 Å². The summed E-state index contributed by atoms with van der Waals surface area (Å²) >= 11 is 1.73. The van der Waals surface area contributed by atoms with Crippen molar-refractivity contribution < 1.29 is 9.90 Å². The fourth-order valence-electron chi connectivity index (χ4n) is 2.79. The number of hydrogen-bond acceptors (Lipinski definition) is 3. The summed E-state index contributed by atoms with van der Waals surface area (Å²) in [5.74, 6) is -0.144. The number of nitrogens with one attached hydrogen (secondary N) is 1. The van der Waals surface area contributed by atoms with E-state index >= 15 is 0 Å². The lowest BCUT2D eigenvalue weighted by Gasteiger charge is -2.27. The van der Waals surface area contributed by atoms with Gasteiger partial charge in [-0.2, -0.15) is 0 Å². The van der Waals surface area contributed by atoms with E-state index in [1.165, 1.54) is 30.6 Å². The fourth-order valence-corrected chi connectivity index (χ4v) is 3.67. The molecule has 1 aromatic rings. The maximum Gasteiger partial charge on any atom is 0.320 e. The van der Waals surface area contributed by atoms with Gasteiger partial charge in [-0.3, -0.25) is 10.1 Å². The van der Waals surface area contributed by atoms with E-state index in [1.54, 1.807) is 11.3 Å². The van der Waals surface area contributed by atoms with Crippen LogP contribution >= 0.6 is 11.3 Å². The molecule has 100 valence electrons. The molecule has 3 nitrogen and oxygen atoms in total. The van der Waals surface area contributed by atoms with Gasteiger partial charge in [0.2, 0.25) is 0 Å². The number of carboxylic acids is 1. The molecule has 0 saturated heterocycles. The van der Waals surface area contributed by atoms with E-state index in [1.807, 2.05) is 13.0 Å². The summed E-state index contributed by atoms with van der Waals surface area (Å²) in [6.07, 6.45) is 5.61. The Balaban J connectivity index is 2.11.